The zero-order valence-electron chi connectivity index (χ0n) is 9.25. The lowest BCUT2D eigenvalue weighted by Gasteiger charge is -2.13. The van der Waals surface area contributed by atoms with Crippen molar-refractivity contribution in [3.05, 3.63) is 23.8 Å². The summed E-state index contributed by atoms with van der Waals surface area (Å²) >= 11 is 0. The zero-order chi connectivity index (χ0) is 10.7. The SMILES string of the molecule is CC[C@@H](Cc1ccc2c(c1)OCO2)NC. The molecule has 15 heavy (non-hydrogen) atoms. The Bertz CT molecular complexity index is 334. The predicted octanol–water partition coefficient (Wildman–Crippen LogP) is 1.96. The number of likely N-dealkylation sites (N-methyl/N-ethyl adjacent to an activating group) is 1. The summed E-state index contributed by atoms with van der Waals surface area (Å²) in [5.74, 6) is 1.73. The number of ether oxygens (including phenoxy) is 2. The van der Waals surface area contributed by atoms with Crippen LogP contribution in [0.25, 0.3) is 0 Å². The van der Waals surface area contributed by atoms with Gasteiger partial charge in [-0.1, -0.05) is 13.0 Å². The van der Waals surface area contributed by atoms with Gasteiger partial charge in [-0.15, -0.1) is 0 Å². The molecule has 0 radical (unpaired) electrons. The normalized spacial score (nSPS) is 15.3. The lowest BCUT2D eigenvalue weighted by Crippen LogP contribution is -2.26. The largest absolute Gasteiger partial charge is 0.454 e. The fourth-order valence-electron chi connectivity index (χ4n) is 1.80. The van der Waals surface area contributed by atoms with E-state index in [1.165, 1.54) is 5.56 Å². The molecule has 1 atom stereocenters. The van der Waals surface area contributed by atoms with Gasteiger partial charge >= 0.3 is 0 Å². The fraction of sp³-hybridized carbons (Fsp3) is 0.500. The molecular weight excluding hydrogens is 190 g/mol. The van der Waals surface area contributed by atoms with E-state index in [1.54, 1.807) is 0 Å². The molecule has 0 aromatic heterocycles. The van der Waals surface area contributed by atoms with Crippen LogP contribution in [0.1, 0.15) is 18.9 Å². The van der Waals surface area contributed by atoms with Crippen molar-refractivity contribution in [1.29, 1.82) is 0 Å². The first-order valence-electron chi connectivity index (χ1n) is 5.39. The summed E-state index contributed by atoms with van der Waals surface area (Å²) in [6.45, 7) is 2.54. The van der Waals surface area contributed by atoms with Crippen molar-refractivity contribution >= 4 is 0 Å². The summed E-state index contributed by atoms with van der Waals surface area (Å²) in [6.07, 6.45) is 2.16. The molecule has 0 saturated carbocycles. The molecule has 0 amide bonds. The minimum absolute atomic E-state index is 0.349. The van der Waals surface area contributed by atoms with E-state index >= 15 is 0 Å². The van der Waals surface area contributed by atoms with Crippen LogP contribution in [0, 0.1) is 0 Å². The third-order valence-corrected chi connectivity index (χ3v) is 2.82. The van der Waals surface area contributed by atoms with Gasteiger partial charge in [0.1, 0.15) is 0 Å². The number of benzene rings is 1. The number of fused-ring (bicyclic) bond motifs is 1. The van der Waals surface area contributed by atoms with Crippen LogP contribution in [0.4, 0.5) is 0 Å². The second-order valence-corrected chi connectivity index (χ2v) is 3.79. The third kappa shape index (κ3) is 2.23. The summed E-state index contributed by atoms with van der Waals surface area (Å²) in [6, 6.07) is 6.70. The van der Waals surface area contributed by atoms with Gasteiger partial charge < -0.3 is 14.8 Å². The molecule has 1 aromatic rings. The minimum Gasteiger partial charge on any atom is -0.454 e. The lowest BCUT2D eigenvalue weighted by molar-refractivity contribution is 0.174. The van der Waals surface area contributed by atoms with Crippen LogP contribution in [0.2, 0.25) is 0 Å². The monoisotopic (exact) mass is 207 g/mol. The summed E-state index contributed by atoms with van der Waals surface area (Å²) in [7, 11) is 2.00. The molecule has 0 aliphatic carbocycles. The number of hydrogen-bond donors (Lipinski definition) is 1. The third-order valence-electron chi connectivity index (χ3n) is 2.82. The van der Waals surface area contributed by atoms with Crippen molar-refractivity contribution in [1.82, 2.24) is 5.32 Å². The van der Waals surface area contributed by atoms with Gasteiger partial charge in [0.2, 0.25) is 6.79 Å². The maximum atomic E-state index is 5.35. The van der Waals surface area contributed by atoms with E-state index in [0.29, 0.717) is 12.8 Å². The molecule has 0 unspecified atom stereocenters. The molecule has 0 saturated heterocycles. The molecule has 3 heteroatoms. The van der Waals surface area contributed by atoms with Gasteiger partial charge in [0, 0.05) is 6.04 Å². The Kier molecular flexibility index (Phi) is 3.11. The van der Waals surface area contributed by atoms with Crippen LogP contribution < -0.4 is 14.8 Å². The predicted molar refractivity (Wildman–Crippen MR) is 59.4 cm³/mol. The van der Waals surface area contributed by atoms with Crippen molar-refractivity contribution in [2.75, 3.05) is 13.8 Å². The van der Waals surface area contributed by atoms with Crippen LogP contribution in [-0.4, -0.2) is 19.9 Å². The van der Waals surface area contributed by atoms with Gasteiger partial charge in [-0.2, -0.15) is 0 Å². The quantitative estimate of drug-likeness (QED) is 0.818. The van der Waals surface area contributed by atoms with Crippen LogP contribution in [-0.2, 0) is 6.42 Å². The van der Waals surface area contributed by atoms with E-state index in [9.17, 15) is 0 Å². The van der Waals surface area contributed by atoms with Crippen molar-refractivity contribution in [2.45, 2.75) is 25.8 Å². The van der Waals surface area contributed by atoms with Crippen molar-refractivity contribution in [3.63, 3.8) is 0 Å². The molecule has 82 valence electrons. The van der Waals surface area contributed by atoms with E-state index in [4.69, 9.17) is 9.47 Å². The van der Waals surface area contributed by atoms with Gasteiger partial charge in [0.25, 0.3) is 0 Å². The summed E-state index contributed by atoms with van der Waals surface area (Å²) in [5.41, 5.74) is 1.29. The van der Waals surface area contributed by atoms with Crippen molar-refractivity contribution in [2.24, 2.45) is 0 Å². The smallest absolute Gasteiger partial charge is 0.231 e. The minimum atomic E-state index is 0.349. The Morgan fingerprint density at radius 3 is 2.87 bits per heavy atom. The Balaban J connectivity index is 2.09. The maximum absolute atomic E-state index is 5.35. The molecule has 1 aliphatic rings. The van der Waals surface area contributed by atoms with E-state index in [0.717, 1.165) is 24.3 Å². The first-order chi connectivity index (χ1) is 7.33. The van der Waals surface area contributed by atoms with Crippen LogP contribution in [0.3, 0.4) is 0 Å². The van der Waals surface area contributed by atoms with E-state index in [2.05, 4.69) is 24.4 Å². The fourth-order valence-corrected chi connectivity index (χ4v) is 1.80. The van der Waals surface area contributed by atoms with Crippen LogP contribution in [0.5, 0.6) is 11.5 Å². The van der Waals surface area contributed by atoms with Crippen LogP contribution in [0.15, 0.2) is 18.2 Å². The summed E-state index contributed by atoms with van der Waals surface area (Å²) in [4.78, 5) is 0. The molecule has 1 aliphatic heterocycles. The molecule has 1 heterocycles. The average molecular weight is 207 g/mol. The Labute approximate surface area is 90.4 Å². The standard InChI is InChI=1S/C12H17NO2/c1-3-10(13-2)6-9-4-5-11-12(7-9)15-8-14-11/h4-5,7,10,13H,3,6,8H2,1-2H3/t10-/m0/s1. The second-order valence-electron chi connectivity index (χ2n) is 3.79. The average Bonchev–Trinajstić information content (AvgIpc) is 2.73. The van der Waals surface area contributed by atoms with Gasteiger partial charge in [0.05, 0.1) is 0 Å². The number of hydrogen-bond acceptors (Lipinski definition) is 3. The summed E-state index contributed by atoms with van der Waals surface area (Å²) in [5, 5.41) is 3.30. The lowest BCUT2D eigenvalue weighted by atomic mass is 10.0. The van der Waals surface area contributed by atoms with Crippen LogP contribution >= 0.6 is 0 Å². The highest BCUT2D eigenvalue weighted by atomic mass is 16.7. The highest BCUT2D eigenvalue weighted by molar-refractivity contribution is 5.44. The van der Waals surface area contributed by atoms with E-state index in [1.807, 2.05) is 13.1 Å². The van der Waals surface area contributed by atoms with Crippen molar-refractivity contribution in [3.8, 4) is 11.5 Å². The van der Waals surface area contributed by atoms with Crippen molar-refractivity contribution < 1.29 is 9.47 Å². The topological polar surface area (TPSA) is 30.5 Å². The molecule has 1 N–H and O–H groups in total. The number of nitrogens with one attached hydrogen (secondary N) is 1. The highest BCUT2D eigenvalue weighted by Crippen LogP contribution is 2.32. The molecular formula is C12H17NO2. The van der Waals surface area contributed by atoms with E-state index < -0.39 is 0 Å². The Morgan fingerprint density at radius 1 is 1.33 bits per heavy atom. The Morgan fingerprint density at radius 2 is 2.13 bits per heavy atom. The van der Waals surface area contributed by atoms with Gasteiger partial charge in [-0.05, 0) is 37.6 Å². The molecule has 0 spiro atoms. The van der Waals surface area contributed by atoms with Gasteiger partial charge in [-0.3, -0.25) is 0 Å². The van der Waals surface area contributed by atoms with Gasteiger partial charge in [-0.25, -0.2) is 0 Å². The zero-order valence-corrected chi connectivity index (χ0v) is 9.25. The van der Waals surface area contributed by atoms with E-state index in [-0.39, 0.29) is 0 Å². The molecule has 2 rings (SSSR count). The molecule has 0 fully saturated rings. The molecule has 3 nitrogen and oxygen atoms in total. The molecule has 1 aromatic carbocycles. The first-order valence-corrected chi connectivity index (χ1v) is 5.39. The maximum Gasteiger partial charge on any atom is 0.231 e. The Hall–Kier alpha value is -1.22. The highest BCUT2D eigenvalue weighted by Gasteiger charge is 2.14. The summed E-state index contributed by atoms with van der Waals surface area (Å²) < 4.78 is 10.6. The van der Waals surface area contributed by atoms with Gasteiger partial charge in [0.15, 0.2) is 11.5 Å². The second kappa shape index (κ2) is 4.53. The molecule has 0 bridgehead atoms. The number of rotatable bonds is 4. The first kappa shape index (κ1) is 10.3.